The molecule has 18 heavy (non-hydrogen) atoms. The summed E-state index contributed by atoms with van der Waals surface area (Å²) in [6.07, 6.45) is 0. The Kier molecular flexibility index (Phi) is 3.39. The molecule has 1 heterocycles. The Morgan fingerprint density at radius 1 is 1.28 bits per heavy atom. The Balaban J connectivity index is 2.90. The van der Waals surface area contributed by atoms with Crippen LogP contribution in [0.4, 0.5) is 0 Å². The average molecular weight is 322 g/mol. The fourth-order valence-electron chi connectivity index (χ4n) is 1.42. The lowest BCUT2D eigenvalue weighted by Crippen LogP contribution is -1.93. The summed E-state index contributed by atoms with van der Waals surface area (Å²) in [5.74, 6) is 0. The molecule has 2 rings (SSSR count). The van der Waals surface area contributed by atoms with Crippen LogP contribution >= 0.6 is 33.9 Å². The predicted molar refractivity (Wildman–Crippen MR) is 69.5 cm³/mol. The van der Waals surface area contributed by atoms with Crippen LogP contribution in [0.2, 0.25) is 10.2 Å². The Labute approximate surface area is 117 Å². The quantitative estimate of drug-likeness (QED) is 0.596. The monoisotopic (exact) mass is 320 g/mol. The van der Waals surface area contributed by atoms with E-state index in [4.69, 9.17) is 39.1 Å². The van der Waals surface area contributed by atoms with Crippen molar-refractivity contribution < 1.29 is 8.42 Å². The van der Waals surface area contributed by atoms with Crippen molar-refractivity contribution in [1.29, 1.82) is 5.26 Å². The number of benzene rings is 1. The Morgan fingerprint density at radius 2 is 1.94 bits per heavy atom. The normalized spacial score (nSPS) is 11.4. The van der Waals surface area contributed by atoms with Crippen molar-refractivity contribution in [2.75, 3.05) is 0 Å². The summed E-state index contributed by atoms with van der Waals surface area (Å²) in [4.78, 5) is 3.83. The highest BCUT2D eigenvalue weighted by molar-refractivity contribution is 8.13. The van der Waals surface area contributed by atoms with Crippen LogP contribution in [-0.2, 0) is 9.05 Å². The highest BCUT2D eigenvalue weighted by Crippen LogP contribution is 2.32. The first-order valence-electron chi connectivity index (χ1n) is 4.48. The van der Waals surface area contributed by atoms with Gasteiger partial charge in [-0.15, -0.1) is 0 Å². The maximum absolute atomic E-state index is 11.2. The molecule has 0 fully saturated rings. The van der Waals surface area contributed by atoms with Gasteiger partial charge in [-0.25, -0.2) is 13.4 Å². The fraction of sp³-hybridized carbons (Fsp3) is 0. The lowest BCUT2D eigenvalue weighted by atomic mass is 10.2. The lowest BCUT2D eigenvalue weighted by molar-refractivity contribution is 0.609. The van der Waals surface area contributed by atoms with Gasteiger partial charge in [0.15, 0.2) is 0 Å². The Hall–Kier alpha value is -1.06. The van der Waals surface area contributed by atoms with Gasteiger partial charge in [0.25, 0.3) is 9.05 Å². The van der Waals surface area contributed by atoms with Crippen molar-refractivity contribution >= 4 is 53.8 Å². The standard InChI is InChI=1S/C10H3Cl3N2O2S/c11-9-6-3-5(18(13,16)17)1-2-8(6)15-10(12)7(9)4-14/h1-3H. The Bertz CT molecular complexity index is 797. The van der Waals surface area contributed by atoms with Crippen LogP contribution in [0.1, 0.15) is 5.56 Å². The van der Waals surface area contributed by atoms with Crippen molar-refractivity contribution in [3.63, 3.8) is 0 Å². The van der Waals surface area contributed by atoms with Crippen molar-refractivity contribution in [3.05, 3.63) is 33.9 Å². The van der Waals surface area contributed by atoms with E-state index in [-0.39, 0.29) is 20.6 Å². The number of hydrogen-bond acceptors (Lipinski definition) is 4. The zero-order valence-corrected chi connectivity index (χ0v) is 11.6. The molecule has 0 aliphatic heterocycles. The highest BCUT2D eigenvalue weighted by Gasteiger charge is 2.16. The molecule has 0 bridgehead atoms. The van der Waals surface area contributed by atoms with Gasteiger partial charge in [-0.3, -0.25) is 0 Å². The van der Waals surface area contributed by atoms with Gasteiger partial charge in [-0.1, -0.05) is 23.2 Å². The summed E-state index contributed by atoms with van der Waals surface area (Å²) in [5, 5.41) is 9.21. The molecule has 0 amide bonds. The number of rotatable bonds is 1. The number of halogens is 3. The van der Waals surface area contributed by atoms with Crippen LogP contribution in [0.25, 0.3) is 10.9 Å². The zero-order valence-electron chi connectivity index (χ0n) is 8.49. The second-order valence-electron chi connectivity index (χ2n) is 3.32. The van der Waals surface area contributed by atoms with Crippen molar-refractivity contribution in [3.8, 4) is 6.07 Å². The molecule has 4 nitrogen and oxygen atoms in total. The molecule has 0 N–H and O–H groups in total. The molecule has 0 aliphatic rings. The van der Waals surface area contributed by atoms with Crippen molar-refractivity contribution in [2.24, 2.45) is 0 Å². The highest BCUT2D eigenvalue weighted by atomic mass is 35.7. The van der Waals surface area contributed by atoms with Gasteiger partial charge in [0.1, 0.15) is 16.8 Å². The minimum absolute atomic E-state index is 0.00467. The summed E-state index contributed by atoms with van der Waals surface area (Å²) < 4.78 is 22.4. The smallest absolute Gasteiger partial charge is 0.235 e. The SMILES string of the molecule is N#Cc1c(Cl)nc2ccc(S(=O)(=O)Cl)cc2c1Cl. The summed E-state index contributed by atoms with van der Waals surface area (Å²) in [7, 11) is 1.36. The summed E-state index contributed by atoms with van der Waals surface area (Å²) >= 11 is 11.8. The van der Waals surface area contributed by atoms with Crippen LogP contribution < -0.4 is 0 Å². The third kappa shape index (κ3) is 2.25. The molecule has 1 aromatic heterocycles. The first-order valence-corrected chi connectivity index (χ1v) is 7.54. The van der Waals surface area contributed by atoms with Gasteiger partial charge in [-0.2, -0.15) is 5.26 Å². The largest absolute Gasteiger partial charge is 0.261 e. The van der Waals surface area contributed by atoms with Crippen LogP contribution in [0.5, 0.6) is 0 Å². The third-order valence-corrected chi connectivity index (χ3v) is 4.26. The molecule has 0 saturated carbocycles. The van der Waals surface area contributed by atoms with E-state index in [0.29, 0.717) is 10.9 Å². The van der Waals surface area contributed by atoms with E-state index in [1.807, 2.05) is 0 Å². The first kappa shape index (κ1) is 13.4. The van der Waals surface area contributed by atoms with Crippen molar-refractivity contribution in [2.45, 2.75) is 4.90 Å². The van der Waals surface area contributed by atoms with Gasteiger partial charge in [0, 0.05) is 16.1 Å². The summed E-state index contributed by atoms with van der Waals surface area (Å²) in [6, 6.07) is 5.77. The van der Waals surface area contributed by atoms with E-state index in [2.05, 4.69) is 4.98 Å². The van der Waals surface area contributed by atoms with Gasteiger partial charge >= 0.3 is 0 Å². The van der Waals surface area contributed by atoms with Gasteiger partial charge in [0.05, 0.1) is 15.4 Å². The number of aromatic nitrogens is 1. The molecular formula is C10H3Cl3N2O2S. The minimum Gasteiger partial charge on any atom is -0.235 e. The lowest BCUT2D eigenvalue weighted by Gasteiger charge is -2.05. The molecule has 8 heteroatoms. The van der Waals surface area contributed by atoms with Crippen LogP contribution in [0, 0.1) is 11.3 Å². The molecular weight excluding hydrogens is 319 g/mol. The molecule has 1 aromatic carbocycles. The number of nitriles is 1. The molecule has 0 unspecified atom stereocenters. The molecule has 0 saturated heterocycles. The second-order valence-corrected chi connectivity index (χ2v) is 6.62. The van der Waals surface area contributed by atoms with Crippen LogP contribution in [0.15, 0.2) is 23.1 Å². The van der Waals surface area contributed by atoms with E-state index in [0.717, 1.165) is 0 Å². The third-order valence-electron chi connectivity index (χ3n) is 2.24. The zero-order chi connectivity index (χ0) is 13.5. The fourth-order valence-corrected chi connectivity index (χ4v) is 2.76. The van der Waals surface area contributed by atoms with E-state index >= 15 is 0 Å². The van der Waals surface area contributed by atoms with Crippen LogP contribution in [-0.4, -0.2) is 13.4 Å². The summed E-state index contributed by atoms with van der Waals surface area (Å²) in [6.45, 7) is 0. The van der Waals surface area contributed by atoms with Crippen LogP contribution in [0.3, 0.4) is 0 Å². The van der Waals surface area contributed by atoms with Crippen molar-refractivity contribution in [1.82, 2.24) is 4.98 Å². The average Bonchev–Trinajstić information content (AvgIpc) is 2.27. The Morgan fingerprint density at radius 3 is 2.50 bits per heavy atom. The van der Waals surface area contributed by atoms with Gasteiger partial charge < -0.3 is 0 Å². The summed E-state index contributed by atoms with van der Waals surface area (Å²) in [5.41, 5.74) is 0.378. The predicted octanol–water partition coefficient (Wildman–Crippen LogP) is 3.34. The minimum atomic E-state index is -3.87. The van der Waals surface area contributed by atoms with E-state index in [1.54, 1.807) is 6.07 Å². The molecule has 0 aliphatic carbocycles. The molecule has 0 atom stereocenters. The second kappa shape index (κ2) is 4.56. The number of hydrogen-bond donors (Lipinski definition) is 0. The van der Waals surface area contributed by atoms with Gasteiger partial charge in [0.2, 0.25) is 0 Å². The number of pyridine rings is 1. The number of fused-ring (bicyclic) bond motifs is 1. The first-order chi connectivity index (χ1) is 8.34. The van der Waals surface area contributed by atoms with Gasteiger partial charge in [-0.05, 0) is 18.2 Å². The molecule has 92 valence electrons. The maximum atomic E-state index is 11.2. The molecule has 2 aromatic rings. The molecule has 0 radical (unpaired) electrons. The van der Waals surface area contributed by atoms with E-state index < -0.39 is 9.05 Å². The topological polar surface area (TPSA) is 70.8 Å². The molecule has 0 spiro atoms. The number of nitrogens with zero attached hydrogens (tertiary/aromatic N) is 2. The maximum Gasteiger partial charge on any atom is 0.261 e. The van der Waals surface area contributed by atoms with E-state index in [9.17, 15) is 8.42 Å². The van der Waals surface area contributed by atoms with E-state index in [1.165, 1.54) is 18.2 Å².